The Kier molecular flexibility index (Phi) is 5.28. The van der Waals surface area contributed by atoms with Crippen LogP contribution in [0.5, 0.6) is 0 Å². The lowest BCUT2D eigenvalue weighted by Gasteiger charge is -2.48. The van der Waals surface area contributed by atoms with Gasteiger partial charge in [-0.15, -0.1) is 5.10 Å². The van der Waals surface area contributed by atoms with Gasteiger partial charge in [-0.05, 0) is 23.9 Å². The number of carbonyl (C=O) groups is 1. The monoisotopic (exact) mass is 338 g/mol. The fourth-order valence-corrected chi connectivity index (χ4v) is 4.36. The molecule has 0 spiro atoms. The van der Waals surface area contributed by atoms with Crippen LogP contribution in [-0.2, 0) is 4.74 Å². The molecule has 2 atom stereocenters. The van der Waals surface area contributed by atoms with Gasteiger partial charge in [0.25, 0.3) is 5.91 Å². The largest absolute Gasteiger partial charge is 0.378 e. The smallest absolute Gasteiger partial charge is 0.267 e. The Labute approximate surface area is 142 Å². The first-order chi connectivity index (χ1) is 11.1. The van der Waals surface area contributed by atoms with Crippen molar-refractivity contribution in [3.05, 3.63) is 10.6 Å². The van der Waals surface area contributed by atoms with Gasteiger partial charge in [0.2, 0.25) is 0 Å². The van der Waals surface area contributed by atoms with Gasteiger partial charge in [-0.25, -0.2) is 0 Å². The number of nitrogens with zero attached hydrogens (tertiary/aromatic N) is 4. The number of piperazine rings is 1. The van der Waals surface area contributed by atoms with Gasteiger partial charge in [0.15, 0.2) is 0 Å². The van der Waals surface area contributed by atoms with Crippen LogP contribution in [0.2, 0.25) is 0 Å². The first-order valence-corrected chi connectivity index (χ1v) is 9.34. The van der Waals surface area contributed by atoms with Crippen LogP contribution in [0.1, 0.15) is 54.9 Å². The molecule has 6 nitrogen and oxygen atoms in total. The molecule has 2 fully saturated rings. The zero-order valence-corrected chi connectivity index (χ0v) is 15.0. The second-order valence-corrected chi connectivity index (χ2v) is 7.52. The summed E-state index contributed by atoms with van der Waals surface area (Å²) < 4.78 is 9.77. The lowest BCUT2D eigenvalue weighted by Crippen LogP contribution is -2.62. The van der Waals surface area contributed by atoms with Crippen molar-refractivity contribution in [1.82, 2.24) is 19.4 Å². The van der Waals surface area contributed by atoms with E-state index < -0.39 is 0 Å². The van der Waals surface area contributed by atoms with Crippen molar-refractivity contribution in [1.29, 1.82) is 0 Å². The summed E-state index contributed by atoms with van der Waals surface area (Å²) in [5, 5.41) is 4.14. The molecule has 2 unspecified atom stereocenters. The lowest BCUT2D eigenvalue weighted by atomic mass is 10.0. The second kappa shape index (κ2) is 7.23. The number of amides is 1. The molecule has 7 heteroatoms. The molecule has 3 rings (SSSR count). The maximum atomic E-state index is 12.9. The number of carbonyl (C=O) groups excluding carboxylic acids is 1. The average molecular weight is 338 g/mol. The van der Waals surface area contributed by atoms with Crippen molar-refractivity contribution >= 4 is 17.4 Å². The number of ether oxygens (including phenoxy) is 1. The zero-order valence-electron chi connectivity index (χ0n) is 14.2. The number of aromatic nitrogens is 2. The first kappa shape index (κ1) is 16.8. The molecular weight excluding hydrogens is 312 g/mol. The van der Waals surface area contributed by atoms with Gasteiger partial charge in [0.1, 0.15) is 4.88 Å². The van der Waals surface area contributed by atoms with Crippen LogP contribution in [0.4, 0.5) is 0 Å². The number of rotatable bonds is 4. The third kappa shape index (κ3) is 3.41. The van der Waals surface area contributed by atoms with Crippen LogP contribution in [0.15, 0.2) is 0 Å². The SMILES string of the molecule is CCCC1COCC2CN(C(=O)c3snnc3C(C)C)CCN12. The summed E-state index contributed by atoms with van der Waals surface area (Å²) >= 11 is 1.22. The van der Waals surface area contributed by atoms with Gasteiger partial charge >= 0.3 is 0 Å². The number of fused-ring (bicyclic) bond motifs is 1. The van der Waals surface area contributed by atoms with Crippen LogP contribution < -0.4 is 0 Å². The van der Waals surface area contributed by atoms with E-state index >= 15 is 0 Å². The maximum absolute atomic E-state index is 12.9. The Hall–Kier alpha value is -1.05. The molecule has 1 amide bonds. The van der Waals surface area contributed by atoms with Crippen LogP contribution in [0, 0.1) is 0 Å². The van der Waals surface area contributed by atoms with Crippen LogP contribution in [0.25, 0.3) is 0 Å². The van der Waals surface area contributed by atoms with Crippen LogP contribution in [-0.4, -0.2) is 70.2 Å². The standard InChI is InChI=1S/C16H26N4O2S/c1-4-5-12-9-22-10-13-8-19(6-7-20(12)13)16(21)15-14(11(2)3)17-18-23-15/h11-13H,4-10H2,1-3H3. The van der Waals surface area contributed by atoms with E-state index in [1.54, 1.807) is 0 Å². The highest BCUT2D eigenvalue weighted by atomic mass is 32.1. The number of hydrogen-bond donors (Lipinski definition) is 0. The molecular formula is C16H26N4O2S. The third-order valence-electron chi connectivity index (χ3n) is 4.78. The topological polar surface area (TPSA) is 58.6 Å². The quantitative estimate of drug-likeness (QED) is 0.840. The highest BCUT2D eigenvalue weighted by molar-refractivity contribution is 7.08. The third-order valence-corrected chi connectivity index (χ3v) is 5.51. The minimum Gasteiger partial charge on any atom is -0.378 e. The molecule has 0 aromatic carbocycles. The molecule has 1 aromatic heterocycles. The van der Waals surface area contributed by atoms with E-state index in [0.717, 1.165) is 38.5 Å². The fourth-order valence-electron chi connectivity index (χ4n) is 3.57. The molecule has 0 saturated carbocycles. The summed E-state index contributed by atoms with van der Waals surface area (Å²) in [6.07, 6.45) is 2.34. The minimum absolute atomic E-state index is 0.0842. The maximum Gasteiger partial charge on any atom is 0.267 e. The molecule has 0 aliphatic carbocycles. The Morgan fingerprint density at radius 3 is 2.96 bits per heavy atom. The Balaban J connectivity index is 1.69. The van der Waals surface area contributed by atoms with Gasteiger partial charge < -0.3 is 9.64 Å². The predicted octanol–water partition coefficient (Wildman–Crippen LogP) is 1.99. The van der Waals surface area contributed by atoms with Gasteiger partial charge in [0, 0.05) is 25.7 Å². The average Bonchev–Trinajstić information content (AvgIpc) is 3.04. The van der Waals surface area contributed by atoms with E-state index in [-0.39, 0.29) is 11.8 Å². The molecule has 0 N–H and O–H groups in total. The van der Waals surface area contributed by atoms with Crippen molar-refractivity contribution in [2.45, 2.75) is 51.6 Å². The first-order valence-electron chi connectivity index (χ1n) is 8.56. The Morgan fingerprint density at radius 2 is 2.22 bits per heavy atom. The van der Waals surface area contributed by atoms with Crippen molar-refractivity contribution in [3.8, 4) is 0 Å². The summed E-state index contributed by atoms with van der Waals surface area (Å²) in [6, 6.07) is 0.827. The fraction of sp³-hybridized carbons (Fsp3) is 0.812. The van der Waals surface area contributed by atoms with Crippen LogP contribution in [0.3, 0.4) is 0 Å². The van der Waals surface area contributed by atoms with Crippen molar-refractivity contribution in [3.63, 3.8) is 0 Å². The summed E-state index contributed by atoms with van der Waals surface area (Å²) in [4.78, 5) is 18.1. The molecule has 2 aliphatic heterocycles. The van der Waals surface area contributed by atoms with Crippen molar-refractivity contribution < 1.29 is 9.53 Å². The molecule has 2 saturated heterocycles. The summed E-state index contributed by atoms with van der Waals surface area (Å²) in [7, 11) is 0. The summed E-state index contributed by atoms with van der Waals surface area (Å²) in [5.74, 6) is 0.307. The molecule has 0 bridgehead atoms. The molecule has 3 heterocycles. The van der Waals surface area contributed by atoms with Gasteiger partial charge in [-0.3, -0.25) is 9.69 Å². The van der Waals surface area contributed by atoms with Gasteiger partial charge in [0.05, 0.1) is 24.9 Å². The van der Waals surface area contributed by atoms with Crippen molar-refractivity contribution in [2.24, 2.45) is 0 Å². The van der Waals surface area contributed by atoms with E-state index in [1.165, 1.54) is 24.4 Å². The van der Waals surface area contributed by atoms with E-state index in [0.29, 0.717) is 17.0 Å². The summed E-state index contributed by atoms with van der Waals surface area (Å²) in [6.45, 7) is 10.3. The summed E-state index contributed by atoms with van der Waals surface area (Å²) in [5.41, 5.74) is 0.825. The predicted molar refractivity (Wildman–Crippen MR) is 89.9 cm³/mol. The zero-order chi connectivity index (χ0) is 16.4. The van der Waals surface area contributed by atoms with E-state index in [1.807, 2.05) is 4.90 Å². The Bertz CT molecular complexity index is 546. The molecule has 23 heavy (non-hydrogen) atoms. The highest BCUT2D eigenvalue weighted by Gasteiger charge is 2.37. The lowest BCUT2D eigenvalue weighted by molar-refractivity contribution is -0.0776. The molecule has 2 aliphatic rings. The molecule has 1 aromatic rings. The van der Waals surface area contributed by atoms with Gasteiger partial charge in [-0.1, -0.05) is 31.7 Å². The Morgan fingerprint density at radius 1 is 1.39 bits per heavy atom. The van der Waals surface area contributed by atoms with Crippen LogP contribution >= 0.6 is 11.5 Å². The van der Waals surface area contributed by atoms with E-state index in [9.17, 15) is 4.79 Å². The van der Waals surface area contributed by atoms with E-state index in [4.69, 9.17) is 4.74 Å². The second-order valence-electron chi connectivity index (χ2n) is 6.76. The number of morpholine rings is 1. The molecule has 128 valence electrons. The minimum atomic E-state index is 0.0842. The highest BCUT2D eigenvalue weighted by Crippen LogP contribution is 2.25. The number of hydrogen-bond acceptors (Lipinski definition) is 6. The molecule has 0 radical (unpaired) electrons. The van der Waals surface area contributed by atoms with Gasteiger partial charge in [-0.2, -0.15) is 0 Å². The van der Waals surface area contributed by atoms with Crippen molar-refractivity contribution in [2.75, 3.05) is 32.8 Å². The van der Waals surface area contributed by atoms with E-state index in [2.05, 4.69) is 35.3 Å². The normalized spacial score (nSPS) is 25.7.